The SMILES string of the molecule is CC(NCc1cnn(C)c1)c1ccc2c(c1)CCO2. The summed E-state index contributed by atoms with van der Waals surface area (Å²) < 4.78 is 7.36. The third-order valence-corrected chi connectivity index (χ3v) is 3.58. The summed E-state index contributed by atoms with van der Waals surface area (Å²) in [6, 6.07) is 6.81. The number of fused-ring (bicyclic) bond motifs is 1. The number of benzene rings is 1. The average molecular weight is 257 g/mol. The van der Waals surface area contributed by atoms with Crippen molar-refractivity contribution in [1.29, 1.82) is 0 Å². The van der Waals surface area contributed by atoms with Crippen LogP contribution in [0.3, 0.4) is 0 Å². The van der Waals surface area contributed by atoms with Gasteiger partial charge in [0.25, 0.3) is 0 Å². The molecular formula is C15H19N3O. The van der Waals surface area contributed by atoms with Crippen LogP contribution in [-0.4, -0.2) is 16.4 Å². The van der Waals surface area contributed by atoms with Crippen LogP contribution in [0, 0.1) is 0 Å². The highest BCUT2D eigenvalue weighted by Gasteiger charge is 2.14. The number of rotatable bonds is 4. The molecule has 1 aliphatic rings. The monoisotopic (exact) mass is 257 g/mol. The maximum absolute atomic E-state index is 5.53. The molecule has 19 heavy (non-hydrogen) atoms. The maximum atomic E-state index is 5.53. The summed E-state index contributed by atoms with van der Waals surface area (Å²) in [5, 5.41) is 7.70. The molecule has 1 aliphatic heterocycles. The minimum absolute atomic E-state index is 0.325. The van der Waals surface area contributed by atoms with Crippen molar-refractivity contribution in [3.63, 3.8) is 0 Å². The van der Waals surface area contributed by atoms with E-state index in [4.69, 9.17) is 4.74 Å². The number of aryl methyl sites for hydroxylation is 1. The number of nitrogens with zero attached hydrogens (tertiary/aromatic N) is 2. The molecule has 0 aliphatic carbocycles. The van der Waals surface area contributed by atoms with E-state index in [9.17, 15) is 0 Å². The molecule has 100 valence electrons. The molecular weight excluding hydrogens is 238 g/mol. The largest absolute Gasteiger partial charge is 0.493 e. The van der Waals surface area contributed by atoms with Crippen molar-refractivity contribution in [3.8, 4) is 5.75 Å². The van der Waals surface area contributed by atoms with Crippen molar-refractivity contribution in [2.75, 3.05) is 6.61 Å². The van der Waals surface area contributed by atoms with E-state index in [0.29, 0.717) is 6.04 Å². The zero-order chi connectivity index (χ0) is 13.2. The molecule has 2 heterocycles. The quantitative estimate of drug-likeness (QED) is 0.912. The molecule has 1 aromatic heterocycles. The predicted octanol–water partition coefficient (Wildman–Crippen LogP) is 2.21. The molecule has 0 saturated carbocycles. The van der Waals surface area contributed by atoms with Crippen LogP contribution < -0.4 is 10.1 Å². The minimum atomic E-state index is 0.325. The lowest BCUT2D eigenvalue weighted by Gasteiger charge is -2.14. The first-order valence-corrected chi connectivity index (χ1v) is 6.69. The fourth-order valence-corrected chi connectivity index (χ4v) is 2.43. The van der Waals surface area contributed by atoms with Gasteiger partial charge < -0.3 is 10.1 Å². The molecule has 0 radical (unpaired) electrons. The second kappa shape index (κ2) is 5.05. The van der Waals surface area contributed by atoms with Crippen molar-refractivity contribution in [2.24, 2.45) is 7.05 Å². The van der Waals surface area contributed by atoms with Crippen LogP contribution in [0.1, 0.15) is 29.7 Å². The van der Waals surface area contributed by atoms with Gasteiger partial charge in [0.2, 0.25) is 0 Å². The first-order valence-electron chi connectivity index (χ1n) is 6.69. The van der Waals surface area contributed by atoms with Crippen LogP contribution >= 0.6 is 0 Å². The molecule has 1 aromatic carbocycles. The van der Waals surface area contributed by atoms with Crippen molar-refractivity contribution in [2.45, 2.75) is 25.9 Å². The summed E-state index contributed by atoms with van der Waals surface area (Å²) in [4.78, 5) is 0. The smallest absolute Gasteiger partial charge is 0.122 e. The van der Waals surface area contributed by atoms with Gasteiger partial charge >= 0.3 is 0 Å². The first kappa shape index (κ1) is 12.2. The normalized spacial score (nSPS) is 15.1. The standard InChI is InChI=1S/C15H19N3O/c1-11(16-8-12-9-17-18(2)10-12)13-3-4-15-14(7-13)5-6-19-15/h3-4,7,9-11,16H,5-6,8H2,1-2H3. The summed E-state index contributed by atoms with van der Waals surface area (Å²) in [7, 11) is 1.94. The van der Waals surface area contributed by atoms with Crippen LogP contribution in [0.15, 0.2) is 30.6 Å². The number of hydrogen-bond donors (Lipinski definition) is 1. The Labute approximate surface area is 113 Å². The van der Waals surface area contributed by atoms with Gasteiger partial charge in [-0.25, -0.2) is 0 Å². The Kier molecular flexibility index (Phi) is 3.25. The molecule has 4 nitrogen and oxygen atoms in total. The van der Waals surface area contributed by atoms with E-state index in [1.54, 1.807) is 0 Å². The third kappa shape index (κ3) is 2.63. The van der Waals surface area contributed by atoms with Crippen molar-refractivity contribution >= 4 is 0 Å². The van der Waals surface area contributed by atoms with Gasteiger partial charge in [-0.15, -0.1) is 0 Å². The third-order valence-electron chi connectivity index (χ3n) is 3.58. The number of aromatic nitrogens is 2. The first-order chi connectivity index (χ1) is 9.22. The highest BCUT2D eigenvalue weighted by molar-refractivity contribution is 5.40. The van der Waals surface area contributed by atoms with Crippen LogP contribution in [-0.2, 0) is 20.0 Å². The van der Waals surface area contributed by atoms with Crippen molar-refractivity contribution < 1.29 is 4.74 Å². The van der Waals surface area contributed by atoms with Gasteiger partial charge in [-0.3, -0.25) is 4.68 Å². The Bertz CT molecular complexity index is 577. The van der Waals surface area contributed by atoms with Gasteiger partial charge in [0, 0.05) is 37.8 Å². The summed E-state index contributed by atoms with van der Waals surface area (Å²) in [5.41, 5.74) is 3.85. The Morgan fingerprint density at radius 3 is 3.16 bits per heavy atom. The van der Waals surface area contributed by atoms with Gasteiger partial charge in [0.15, 0.2) is 0 Å². The van der Waals surface area contributed by atoms with Crippen LogP contribution in [0.25, 0.3) is 0 Å². The van der Waals surface area contributed by atoms with E-state index in [1.165, 1.54) is 16.7 Å². The lowest BCUT2D eigenvalue weighted by molar-refractivity contribution is 0.356. The van der Waals surface area contributed by atoms with E-state index >= 15 is 0 Å². The summed E-state index contributed by atoms with van der Waals surface area (Å²) in [5.74, 6) is 1.04. The fourth-order valence-electron chi connectivity index (χ4n) is 2.43. The Hall–Kier alpha value is -1.81. The highest BCUT2D eigenvalue weighted by atomic mass is 16.5. The summed E-state index contributed by atoms with van der Waals surface area (Å²) in [6.07, 6.45) is 4.96. The average Bonchev–Trinajstić information content (AvgIpc) is 3.03. The Morgan fingerprint density at radius 1 is 1.47 bits per heavy atom. The molecule has 3 rings (SSSR count). The van der Waals surface area contributed by atoms with Gasteiger partial charge in [0.1, 0.15) is 5.75 Å². The highest BCUT2D eigenvalue weighted by Crippen LogP contribution is 2.28. The van der Waals surface area contributed by atoms with E-state index in [-0.39, 0.29) is 0 Å². The number of nitrogens with one attached hydrogen (secondary N) is 1. The lowest BCUT2D eigenvalue weighted by atomic mass is 10.0. The molecule has 0 fully saturated rings. The second-order valence-electron chi connectivity index (χ2n) is 5.09. The van der Waals surface area contributed by atoms with Gasteiger partial charge in [-0.05, 0) is 24.1 Å². The second-order valence-corrected chi connectivity index (χ2v) is 5.09. The topological polar surface area (TPSA) is 39.1 Å². The molecule has 1 unspecified atom stereocenters. The molecule has 2 aromatic rings. The number of hydrogen-bond acceptors (Lipinski definition) is 3. The van der Waals surface area contributed by atoms with Crippen LogP contribution in [0.5, 0.6) is 5.75 Å². The zero-order valence-corrected chi connectivity index (χ0v) is 11.4. The number of ether oxygens (including phenoxy) is 1. The van der Waals surface area contributed by atoms with E-state index < -0.39 is 0 Å². The Balaban J connectivity index is 1.65. The van der Waals surface area contributed by atoms with Gasteiger partial charge in [0.05, 0.1) is 12.8 Å². The minimum Gasteiger partial charge on any atom is -0.493 e. The van der Waals surface area contributed by atoms with Crippen LogP contribution in [0.2, 0.25) is 0 Å². The van der Waals surface area contributed by atoms with E-state index in [0.717, 1.165) is 25.3 Å². The Morgan fingerprint density at radius 2 is 2.37 bits per heavy atom. The predicted molar refractivity (Wildman–Crippen MR) is 74.1 cm³/mol. The summed E-state index contributed by atoms with van der Waals surface area (Å²) in [6.45, 7) is 3.84. The van der Waals surface area contributed by atoms with E-state index in [2.05, 4.69) is 35.5 Å². The lowest BCUT2D eigenvalue weighted by Crippen LogP contribution is -2.17. The molecule has 0 bridgehead atoms. The molecule has 1 atom stereocenters. The molecule has 4 heteroatoms. The maximum Gasteiger partial charge on any atom is 0.122 e. The van der Waals surface area contributed by atoms with Crippen LogP contribution in [0.4, 0.5) is 0 Å². The zero-order valence-electron chi connectivity index (χ0n) is 11.4. The fraction of sp³-hybridized carbons (Fsp3) is 0.400. The van der Waals surface area contributed by atoms with Gasteiger partial charge in [-0.2, -0.15) is 5.10 Å². The van der Waals surface area contributed by atoms with Gasteiger partial charge in [-0.1, -0.05) is 12.1 Å². The molecule has 0 amide bonds. The molecule has 0 spiro atoms. The van der Waals surface area contributed by atoms with Crippen molar-refractivity contribution in [3.05, 3.63) is 47.3 Å². The molecule has 0 saturated heterocycles. The summed E-state index contributed by atoms with van der Waals surface area (Å²) >= 11 is 0. The van der Waals surface area contributed by atoms with E-state index in [1.807, 2.05) is 24.1 Å². The molecule has 1 N–H and O–H groups in total. The van der Waals surface area contributed by atoms with Crippen molar-refractivity contribution in [1.82, 2.24) is 15.1 Å².